The lowest BCUT2D eigenvalue weighted by molar-refractivity contribution is -0.00460. The Morgan fingerprint density at radius 2 is 1.81 bits per heavy atom. The molecule has 0 bridgehead atoms. The Kier molecular flexibility index (Phi) is 5.99. The van der Waals surface area contributed by atoms with E-state index < -0.39 is 16.1 Å². The SMILES string of the molecule is CN(C)c1ncc(-c2ccc(F)cc2)c(C2CN(S(=O)(=O)c3ccccc3)CCO2)n1. The molecule has 1 unspecified atom stereocenters. The number of hydrogen-bond acceptors (Lipinski definition) is 6. The molecule has 4 rings (SSSR count). The van der Waals surface area contributed by atoms with Gasteiger partial charge in [0.25, 0.3) is 0 Å². The number of aromatic nitrogens is 2. The van der Waals surface area contributed by atoms with E-state index in [-0.39, 0.29) is 30.4 Å². The van der Waals surface area contributed by atoms with Crippen LogP contribution in [0.3, 0.4) is 0 Å². The molecule has 1 aliphatic heterocycles. The largest absolute Gasteiger partial charge is 0.369 e. The van der Waals surface area contributed by atoms with Crippen molar-refractivity contribution in [3.63, 3.8) is 0 Å². The summed E-state index contributed by atoms with van der Waals surface area (Å²) >= 11 is 0. The maximum absolute atomic E-state index is 13.4. The van der Waals surface area contributed by atoms with E-state index in [9.17, 15) is 12.8 Å². The Hall–Kier alpha value is -2.88. The van der Waals surface area contributed by atoms with Crippen LogP contribution in [-0.4, -0.2) is 56.5 Å². The fourth-order valence-electron chi connectivity index (χ4n) is 3.45. The molecule has 0 saturated carbocycles. The topological polar surface area (TPSA) is 75.6 Å². The van der Waals surface area contributed by atoms with Gasteiger partial charge in [-0.25, -0.2) is 22.8 Å². The van der Waals surface area contributed by atoms with Crippen molar-refractivity contribution in [2.75, 3.05) is 38.7 Å². The van der Waals surface area contributed by atoms with Gasteiger partial charge in [-0.15, -0.1) is 0 Å². The van der Waals surface area contributed by atoms with Gasteiger partial charge in [-0.3, -0.25) is 0 Å². The van der Waals surface area contributed by atoms with Crippen LogP contribution >= 0.6 is 0 Å². The van der Waals surface area contributed by atoms with Crippen molar-refractivity contribution in [3.05, 3.63) is 72.3 Å². The Morgan fingerprint density at radius 1 is 1.10 bits per heavy atom. The van der Waals surface area contributed by atoms with Crippen molar-refractivity contribution in [1.29, 1.82) is 0 Å². The first kappa shape index (κ1) is 21.4. The predicted octanol–water partition coefficient (Wildman–Crippen LogP) is 3.11. The maximum Gasteiger partial charge on any atom is 0.243 e. The number of hydrogen-bond donors (Lipinski definition) is 0. The molecule has 1 aromatic heterocycles. The zero-order chi connectivity index (χ0) is 22.0. The highest BCUT2D eigenvalue weighted by Gasteiger charge is 2.33. The summed E-state index contributed by atoms with van der Waals surface area (Å²) in [6, 6.07) is 14.4. The van der Waals surface area contributed by atoms with E-state index in [0.717, 1.165) is 5.56 Å². The minimum absolute atomic E-state index is 0.120. The minimum atomic E-state index is -3.66. The monoisotopic (exact) mass is 442 g/mol. The third-order valence-corrected chi connectivity index (χ3v) is 6.96. The van der Waals surface area contributed by atoms with Crippen molar-refractivity contribution >= 4 is 16.0 Å². The molecule has 0 spiro atoms. The maximum atomic E-state index is 13.4. The van der Waals surface area contributed by atoms with Gasteiger partial charge in [0.15, 0.2) is 0 Å². The molecule has 0 N–H and O–H groups in total. The van der Waals surface area contributed by atoms with Crippen LogP contribution in [0.1, 0.15) is 11.8 Å². The third kappa shape index (κ3) is 4.43. The van der Waals surface area contributed by atoms with Crippen LogP contribution in [-0.2, 0) is 14.8 Å². The minimum Gasteiger partial charge on any atom is -0.369 e. The number of ether oxygens (including phenoxy) is 1. The molecule has 0 aliphatic carbocycles. The van der Waals surface area contributed by atoms with E-state index in [1.54, 1.807) is 53.6 Å². The Labute approximate surface area is 181 Å². The van der Waals surface area contributed by atoms with Gasteiger partial charge in [0.05, 0.1) is 17.2 Å². The molecule has 31 heavy (non-hydrogen) atoms. The fraction of sp³-hybridized carbons (Fsp3) is 0.273. The van der Waals surface area contributed by atoms with E-state index in [4.69, 9.17) is 4.74 Å². The summed E-state index contributed by atoms with van der Waals surface area (Å²) in [7, 11) is -0.0146. The predicted molar refractivity (Wildman–Crippen MR) is 116 cm³/mol. The van der Waals surface area contributed by atoms with Crippen molar-refractivity contribution < 1.29 is 17.5 Å². The van der Waals surface area contributed by atoms with Crippen LogP contribution in [0.2, 0.25) is 0 Å². The van der Waals surface area contributed by atoms with Gasteiger partial charge in [-0.05, 0) is 29.8 Å². The van der Waals surface area contributed by atoms with Crippen molar-refractivity contribution in [3.8, 4) is 11.1 Å². The number of anilines is 1. The van der Waals surface area contributed by atoms with Gasteiger partial charge in [0, 0.05) is 38.9 Å². The lowest BCUT2D eigenvalue weighted by Crippen LogP contribution is -2.42. The van der Waals surface area contributed by atoms with Crippen LogP contribution in [0.15, 0.2) is 65.7 Å². The van der Waals surface area contributed by atoms with Crippen molar-refractivity contribution in [1.82, 2.24) is 14.3 Å². The molecule has 162 valence electrons. The highest BCUT2D eigenvalue weighted by molar-refractivity contribution is 7.89. The number of nitrogens with zero attached hydrogens (tertiary/aromatic N) is 4. The number of benzene rings is 2. The quantitative estimate of drug-likeness (QED) is 0.604. The lowest BCUT2D eigenvalue weighted by Gasteiger charge is -2.33. The molecule has 0 amide bonds. The summed E-state index contributed by atoms with van der Waals surface area (Å²) in [5.74, 6) is 0.137. The second kappa shape index (κ2) is 8.70. The van der Waals surface area contributed by atoms with E-state index in [2.05, 4.69) is 9.97 Å². The molecule has 2 heterocycles. The number of morpholine rings is 1. The summed E-state index contributed by atoms with van der Waals surface area (Å²) in [5, 5.41) is 0. The average Bonchev–Trinajstić information content (AvgIpc) is 2.80. The zero-order valence-electron chi connectivity index (χ0n) is 17.3. The van der Waals surface area contributed by atoms with Crippen molar-refractivity contribution in [2.24, 2.45) is 0 Å². The number of rotatable bonds is 5. The van der Waals surface area contributed by atoms with E-state index in [1.165, 1.54) is 16.4 Å². The van der Waals surface area contributed by atoms with Gasteiger partial charge in [0.2, 0.25) is 16.0 Å². The van der Waals surface area contributed by atoms with Gasteiger partial charge >= 0.3 is 0 Å². The third-order valence-electron chi connectivity index (χ3n) is 5.08. The molecule has 7 nitrogen and oxygen atoms in total. The molecule has 1 atom stereocenters. The molecule has 1 aliphatic rings. The van der Waals surface area contributed by atoms with Gasteiger partial charge in [-0.2, -0.15) is 4.31 Å². The number of sulfonamides is 1. The fourth-order valence-corrected chi connectivity index (χ4v) is 4.89. The van der Waals surface area contributed by atoms with Gasteiger partial charge < -0.3 is 9.64 Å². The molecule has 1 fully saturated rings. The Morgan fingerprint density at radius 3 is 2.48 bits per heavy atom. The van der Waals surface area contributed by atoms with E-state index >= 15 is 0 Å². The normalized spacial score (nSPS) is 17.5. The number of halogens is 1. The van der Waals surface area contributed by atoms with E-state index in [1.807, 2.05) is 14.1 Å². The lowest BCUT2D eigenvalue weighted by atomic mass is 10.0. The first-order chi connectivity index (χ1) is 14.9. The van der Waals surface area contributed by atoms with Crippen LogP contribution in [0.4, 0.5) is 10.3 Å². The molecular weight excluding hydrogens is 419 g/mol. The second-order valence-electron chi connectivity index (χ2n) is 7.41. The smallest absolute Gasteiger partial charge is 0.243 e. The molecule has 1 saturated heterocycles. The molecule has 0 radical (unpaired) electrons. The van der Waals surface area contributed by atoms with Gasteiger partial charge in [0.1, 0.15) is 11.9 Å². The van der Waals surface area contributed by atoms with Crippen LogP contribution in [0, 0.1) is 5.82 Å². The highest BCUT2D eigenvalue weighted by atomic mass is 32.2. The summed E-state index contributed by atoms with van der Waals surface area (Å²) in [4.78, 5) is 11.0. The first-order valence-electron chi connectivity index (χ1n) is 9.83. The summed E-state index contributed by atoms with van der Waals surface area (Å²) < 4.78 is 47.0. The molecule has 2 aromatic carbocycles. The standard InChI is InChI=1S/C22H23FN4O3S/c1-26(2)22-24-14-19(16-8-10-17(23)11-9-16)21(25-22)20-15-27(12-13-30-20)31(28,29)18-6-4-3-5-7-18/h3-11,14,20H,12-13,15H2,1-2H3. The molecule has 3 aromatic rings. The van der Waals surface area contributed by atoms with Crippen LogP contribution in [0.25, 0.3) is 11.1 Å². The summed E-state index contributed by atoms with van der Waals surface area (Å²) in [5.41, 5.74) is 1.97. The summed E-state index contributed by atoms with van der Waals surface area (Å²) in [6.45, 7) is 0.613. The van der Waals surface area contributed by atoms with Crippen LogP contribution in [0.5, 0.6) is 0 Å². The van der Waals surface area contributed by atoms with Crippen LogP contribution < -0.4 is 4.90 Å². The zero-order valence-corrected chi connectivity index (χ0v) is 18.1. The second-order valence-corrected chi connectivity index (χ2v) is 9.34. The highest BCUT2D eigenvalue weighted by Crippen LogP contribution is 2.33. The average molecular weight is 443 g/mol. The first-order valence-corrected chi connectivity index (χ1v) is 11.3. The van der Waals surface area contributed by atoms with Crippen molar-refractivity contribution in [2.45, 2.75) is 11.0 Å². The Balaban J connectivity index is 1.72. The molecule has 9 heteroatoms. The van der Waals surface area contributed by atoms with E-state index in [0.29, 0.717) is 17.2 Å². The summed E-state index contributed by atoms with van der Waals surface area (Å²) in [6.07, 6.45) is 1.08. The Bertz CT molecular complexity index is 1160. The van der Waals surface area contributed by atoms with Gasteiger partial charge in [-0.1, -0.05) is 30.3 Å². The molecular formula is C22H23FN4O3S.